The van der Waals surface area contributed by atoms with Gasteiger partial charge in [-0.3, -0.25) is 0 Å². The van der Waals surface area contributed by atoms with Crippen LogP contribution in [0.1, 0.15) is 113 Å². The number of allylic oxidation sites excluding steroid dienone is 2. The van der Waals surface area contributed by atoms with Gasteiger partial charge < -0.3 is 154 Å². The molecule has 0 amide bonds. The van der Waals surface area contributed by atoms with Crippen molar-refractivity contribution in [3.05, 3.63) is 11.6 Å². The molecule has 4 saturated carbocycles. The van der Waals surface area contributed by atoms with Crippen LogP contribution in [0.25, 0.3) is 0 Å². The van der Waals surface area contributed by atoms with E-state index in [9.17, 15) is 102 Å². The standard InChI is InChI=1S/C65H106O32/c1-24-35(71)40(76)44(80)56(88-24)96-51-42(78)38(74)29(20-67)91-58(51)94-49-46(82)50(53(84)85)95-59(52(49)97-57-45(81)41(77)37(73)28(19-66)90-57)92-34-12-13-62(6)31(61(34,4)5)11-14-63(7)32(62)10-9-25-26-17-60(2,3)15-16-65(26,33(70)18-64(25,63)8)23-87-55-47(83)48(39(75)30(21-68)89-55)93-54-43(79)36(72)27(69)22-86-54/h9,24,26-52,54-59,66-83H,10-23H2,1-8H3,(H,84,85)/t24-,26-,27+,28-,29+,30+,31-,32-,33-,34+,35+,36-,37-,38-,39+,40-,41+,42-,43+,44-,45-,46+,47+,48-,49+,50+,51+,52-,54-,55+,56+,57+,58-,59-,62+,63-,64-,65-/m1/s1. The second-order valence-corrected chi connectivity index (χ2v) is 31.7. The smallest absolute Gasteiger partial charge is 0.335 e. The first kappa shape index (κ1) is 76.1. The Labute approximate surface area is 561 Å². The SMILES string of the molecule is C[C@H]1O[C@@H](O[C@@H]2[C@@H](O[C@H]3[C@H](O)[C@@H](C(=O)O)O[C@@H](O[C@H]4CC[C@@]5(C)[C@H](CC[C@]6(C)[C@@H]5CC=C5[C@H]7CC(C)(C)CC[C@]7(CO[C@H]7O[C@@H](CO)[C@H](O)[C@@H](O[C@H]8OC[C@H](O)[C@@H](O)[C@@H]8O)[C@@H]7O)[C@H](O)C[C@]56C)C4(C)C)[C@@H]3O[C@@H]3O[C@H](CO)[C@@H](O)[C@H](O)[C@H]3O)O[C@@H](CO)[C@@H](O)[C@H]2O)[C@H](O)[C@H](O)[C@H]1O. The molecular formula is C65H106O32. The van der Waals surface area contributed by atoms with Gasteiger partial charge in [-0.05, 0) is 110 Å². The highest BCUT2D eigenvalue weighted by Gasteiger charge is 2.71. The van der Waals surface area contributed by atoms with E-state index in [0.29, 0.717) is 51.4 Å². The number of aliphatic carboxylic acids is 1. The molecule has 11 rings (SSSR count). The lowest BCUT2D eigenvalue weighted by Gasteiger charge is -2.72. The number of carboxylic acid groups (broad SMARTS) is 1. The largest absolute Gasteiger partial charge is 0.479 e. The zero-order valence-corrected chi connectivity index (χ0v) is 55.9. The summed E-state index contributed by atoms with van der Waals surface area (Å²) in [7, 11) is 0. The number of rotatable bonds is 17. The molecule has 558 valence electrons. The molecule has 0 bridgehead atoms. The summed E-state index contributed by atoms with van der Waals surface area (Å²) < 4.78 is 73.2. The minimum Gasteiger partial charge on any atom is -0.479 e. The molecule has 97 heavy (non-hydrogen) atoms. The zero-order chi connectivity index (χ0) is 70.9. The van der Waals surface area contributed by atoms with Crippen molar-refractivity contribution in [1.82, 2.24) is 0 Å². The van der Waals surface area contributed by atoms with Crippen molar-refractivity contribution in [3.63, 3.8) is 0 Å². The molecule has 11 aliphatic rings. The van der Waals surface area contributed by atoms with Gasteiger partial charge in [-0.2, -0.15) is 0 Å². The van der Waals surface area contributed by atoms with Crippen LogP contribution in [-0.4, -0.2) is 326 Å². The van der Waals surface area contributed by atoms with Gasteiger partial charge in [0.2, 0.25) is 0 Å². The number of carbonyl (C=O) groups is 1. The number of fused-ring (bicyclic) bond motifs is 7. The molecule has 0 aromatic carbocycles. The predicted octanol–water partition coefficient (Wildman–Crippen LogP) is -5.18. The Morgan fingerprint density at radius 3 is 1.71 bits per heavy atom. The first-order valence-corrected chi connectivity index (χ1v) is 34.2. The zero-order valence-electron chi connectivity index (χ0n) is 55.9. The Hall–Kier alpha value is -1.99. The summed E-state index contributed by atoms with van der Waals surface area (Å²) in [6.45, 7) is 13.5. The van der Waals surface area contributed by atoms with E-state index in [4.69, 9.17) is 56.8 Å². The molecule has 6 heterocycles. The molecule has 6 aliphatic heterocycles. The van der Waals surface area contributed by atoms with Crippen molar-refractivity contribution in [2.45, 2.75) is 304 Å². The Morgan fingerprint density at radius 1 is 0.505 bits per heavy atom. The fourth-order valence-electron chi connectivity index (χ4n) is 19.2. The minimum absolute atomic E-state index is 0.00247. The second-order valence-electron chi connectivity index (χ2n) is 31.7. The van der Waals surface area contributed by atoms with Crippen LogP contribution >= 0.6 is 0 Å². The van der Waals surface area contributed by atoms with Crippen molar-refractivity contribution in [2.75, 3.05) is 33.0 Å². The van der Waals surface area contributed by atoms with Gasteiger partial charge in [0.05, 0.1) is 51.3 Å². The third-order valence-electron chi connectivity index (χ3n) is 25.3. The van der Waals surface area contributed by atoms with Gasteiger partial charge in [0.15, 0.2) is 43.8 Å². The van der Waals surface area contributed by atoms with Crippen LogP contribution < -0.4 is 0 Å². The average Bonchev–Trinajstić information content (AvgIpc) is 0.673. The lowest BCUT2D eigenvalue weighted by Crippen LogP contribution is -2.69. The fraction of sp³-hybridized carbons (Fsp3) is 0.954. The van der Waals surface area contributed by atoms with Crippen molar-refractivity contribution in [1.29, 1.82) is 0 Å². The topological polar surface area (TPSA) is 512 Å². The summed E-state index contributed by atoms with van der Waals surface area (Å²) >= 11 is 0. The summed E-state index contributed by atoms with van der Waals surface area (Å²) in [5, 5.41) is 209. The molecule has 0 aromatic rings. The van der Waals surface area contributed by atoms with E-state index in [-0.39, 0.29) is 29.8 Å². The number of aliphatic hydroxyl groups excluding tert-OH is 18. The molecule has 6 saturated heterocycles. The van der Waals surface area contributed by atoms with E-state index in [1.54, 1.807) is 0 Å². The van der Waals surface area contributed by atoms with Crippen LogP contribution in [0.4, 0.5) is 0 Å². The Bertz CT molecular complexity index is 2730. The van der Waals surface area contributed by atoms with Gasteiger partial charge in [-0.15, -0.1) is 0 Å². The van der Waals surface area contributed by atoms with Crippen LogP contribution in [-0.2, 0) is 61.6 Å². The molecule has 19 N–H and O–H groups in total. The Morgan fingerprint density at radius 2 is 1.06 bits per heavy atom. The molecule has 0 aromatic heterocycles. The number of carboxylic acids is 1. The Kier molecular flexibility index (Phi) is 22.4. The van der Waals surface area contributed by atoms with Crippen LogP contribution in [0.5, 0.6) is 0 Å². The first-order chi connectivity index (χ1) is 45.4. The molecule has 0 radical (unpaired) electrons. The van der Waals surface area contributed by atoms with Crippen LogP contribution in [0, 0.1) is 50.2 Å². The molecule has 0 spiro atoms. The van der Waals surface area contributed by atoms with Crippen LogP contribution in [0.2, 0.25) is 0 Å². The number of aliphatic hydroxyl groups is 18. The lowest BCUT2D eigenvalue weighted by molar-refractivity contribution is -0.406. The first-order valence-electron chi connectivity index (χ1n) is 34.2. The normalized spacial score (nSPS) is 54.5. The molecule has 10 fully saturated rings. The maximum atomic E-state index is 13.3. The molecule has 32 heteroatoms. The highest BCUT2D eigenvalue weighted by atomic mass is 16.8. The van der Waals surface area contributed by atoms with Gasteiger partial charge in [-0.1, -0.05) is 60.1 Å². The van der Waals surface area contributed by atoms with Crippen molar-refractivity contribution in [3.8, 4) is 0 Å². The number of hydrogen-bond acceptors (Lipinski definition) is 31. The van der Waals surface area contributed by atoms with E-state index in [0.717, 1.165) is 6.42 Å². The molecule has 38 atom stereocenters. The van der Waals surface area contributed by atoms with E-state index in [2.05, 4.69) is 40.7 Å². The summed E-state index contributed by atoms with van der Waals surface area (Å²) in [4.78, 5) is 13.3. The summed E-state index contributed by atoms with van der Waals surface area (Å²) in [5.41, 5.74) is -2.20. The predicted molar refractivity (Wildman–Crippen MR) is 322 cm³/mol. The maximum Gasteiger partial charge on any atom is 0.335 e. The van der Waals surface area contributed by atoms with Crippen molar-refractivity contribution in [2.24, 2.45) is 50.2 Å². The van der Waals surface area contributed by atoms with Crippen LogP contribution in [0.3, 0.4) is 0 Å². The van der Waals surface area contributed by atoms with Gasteiger partial charge >= 0.3 is 5.97 Å². The van der Waals surface area contributed by atoms with Crippen LogP contribution in [0.15, 0.2) is 11.6 Å². The highest BCUT2D eigenvalue weighted by Crippen LogP contribution is 2.76. The van der Waals surface area contributed by atoms with Gasteiger partial charge in [-0.25, -0.2) is 4.79 Å². The van der Waals surface area contributed by atoms with Gasteiger partial charge in [0.1, 0.15) is 128 Å². The molecule has 32 nitrogen and oxygen atoms in total. The third-order valence-corrected chi connectivity index (χ3v) is 25.3. The third kappa shape index (κ3) is 13.2. The summed E-state index contributed by atoms with van der Waals surface area (Å²) in [6.07, 6.45) is -46.8. The summed E-state index contributed by atoms with van der Waals surface area (Å²) in [6, 6.07) is 0. The molecule has 5 aliphatic carbocycles. The van der Waals surface area contributed by atoms with E-state index >= 15 is 0 Å². The number of hydrogen-bond donors (Lipinski definition) is 19. The maximum absolute atomic E-state index is 13.3. The quantitative estimate of drug-likeness (QED) is 0.0478. The second kappa shape index (κ2) is 28.5. The lowest BCUT2D eigenvalue weighted by atomic mass is 9.33. The fourth-order valence-corrected chi connectivity index (χ4v) is 19.2. The molecular weight excluding hydrogens is 1290 g/mol. The average molecular weight is 1400 g/mol. The van der Waals surface area contributed by atoms with Gasteiger partial charge in [0, 0.05) is 5.41 Å². The van der Waals surface area contributed by atoms with Crippen molar-refractivity contribution >= 4 is 5.97 Å². The molecule has 0 unspecified atom stereocenters. The monoisotopic (exact) mass is 1400 g/mol. The van der Waals surface area contributed by atoms with E-state index < -0.39 is 250 Å². The minimum atomic E-state index is -2.30. The van der Waals surface area contributed by atoms with Crippen molar-refractivity contribution < 1.29 is 159 Å². The van der Waals surface area contributed by atoms with Gasteiger partial charge in [0.25, 0.3) is 0 Å². The summed E-state index contributed by atoms with van der Waals surface area (Å²) in [5.74, 6) is -2.11. The number of ether oxygens (including phenoxy) is 12. The highest BCUT2D eigenvalue weighted by molar-refractivity contribution is 5.73. The Balaban J connectivity index is 0.872. The van der Waals surface area contributed by atoms with E-state index in [1.165, 1.54) is 12.5 Å². The van der Waals surface area contributed by atoms with E-state index in [1.807, 2.05) is 13.8 Å².